The Balaban J connectivity index is 1.50. The number of nitrogens with one attached hydrogen (secondary N) is 1. The van der Waals surface area contributed by atoms with Crippen LogP contribution in [0.4, 0.5) is 5.82 Å². The molecule has 21 heavy (non-hydrogen) atoms. The Kier molecular flexibility index (Phi) is 3.39. The highest BCUT2D eigenvalue weighted by atomic mass is 32.1. The lowest BCUT2D eigenvalue weighted by Crippen LogP contribution is -2.59. The van der Waals surface area contributed by atoms with E-state index in [9.17, 15) is 0 Å². The summed E-state index contributed by atoms with van der Waals surface area (Å²) in [6, 6.07) is 9.35. The molecule has 2 aromatic rings. The predicted molar refractivity (Wildman–Crippen MR) is 86.5 cm³/mol. The number of nitrogens with zero attached hydrogens (tertiary/aromatic N) is 3. The first-order valence-corrected chi connectivity index (χ1v) is 8.57. The third-order valence-corrected chi connectivity index (χ3v) is 5.82. The molecule has 3 aliphatic rings. The number of anilines is 1. The summed E-state index contributed by atoms with van der Waals surface area (Å²) in [6.07, 6.45) is 2.62. The van der Waals surface area contributed by atoms with Crippen molar-refractivity contribution in [2.45, 2.75) is 31.8 Å². The van der Waals surface area contributed by atoms with E-state index in [1.807, 2.05) is 6.07 Å². The van der Waals surface area contributed by atoms with E-state index in [2.05, 4.69) is 50.9 Å². The topological polar surface area (TPSA) is 41.1 Å². The quantitative estimate of drug-likeness (QED) is 0.945. The van der Waals surface area contributed by atoms with E-state index >= 15 is 0 Å². The minimum absolute atomic E-state index is 0.509. The molecule has 0 aromatic carbocycles. The normalized spacial score (nSPS) is 31.3. The maximum Gasteiger partial charge on any atom is 0.148 e. The lowest BCUT2D eigenvalue weighted by molar-refractivity contribution is 0.0457. The van der Waals surface area contributed by atoms with Gasteiger partial charge in [-0.3, -0.25) is 4.90 Å². The highest BCUT2D eigenvalue weighted by Gasteiger charge is 2.39. The van der Waals surface area contributed by atoms with Crippen LogP contribution in [-0.2, 0) is 0 Å². The summed E-state index contributed by atoms with van der Waals surface area (Å²) in [5.41, 5.74) is 0.956. The van der Waals surface area contributed by atoms with E-state index in [1.165, 1.54) is 30.8 Å². The zero-order chi connectivity index (χ0) is 14.2. The second-order valence-corrected chi connectivity index (χ2v) is 7.01. The summed E-state index contributed by atoms with van der Waals surface area (Å²) >= 11 is 1.70. The maximum absolute atomic E-state index is 4.37. The molecule has 3 aliphatic heterocycles. The van der Waals surface area contributed by atoms with Crippen LogP contribution in [0.15, 0.2) is 29.6 Å². The molecule has 2 aromatic heterocycles. The van der Waals surface area contributed by atoms with Crippen molar-refractivity contribution in [3.05, 3.63) is 29.6 Å². The largest absolute Gasteiger partial charge is 0.364 e. The van der Waals surface area contributed by atoms with E-state index in [4.69, 9.17) is 0 Å². The molecule has 0 amide bonds. The molecule has 5 heteroatoms. The molecule has 110 valence electrons. The van der Waals surface area contributed by atoms with Gasteiger partial charge in [-0.05, 0) is 62.4 Å². The van der Waals surface area contributed by atoms with Crippen LogP contribution >= 0.6 is 11.3 Å². The minimum atomic E-state index is 0.509. The van der Waals surface area contributed by atoms with Gasteiger partial charge in [-0.1, -0.05) is 6.07 Å². The number of hydrogen-bond donors (Lipinski definition) is 1. The van der Waals surface area contributed by atoms with Crippen LogP contribution in [0.25, 0.3) is 10.6 Å². The van der Waals surface area contributed by atoms with Crippen molar-refractivity contribution in [2.75, 3.05) is 18.4 Å². The molecule has 2 unspecified atom stereocenters. The summed E-state index contributed by atoms with van der Waals surface area (Å²) in [5, 5.41) is 14.4. The van der Waals surface area contributed by atoms with Gasteiger partial charge in [0, 0.05) is 12.1 Å². The van der Waals surface area contributed by atoms with E-state index in [1.54, 1.807) is 11.3 Å². The van der Waals surface area contributed by atoms with Gasteiger partial charge < -0.3 is 5.32 Å². The average Bonchev–Trinajstić information content (AvgIpc) is 3.06. The fourth-order valence-corrected chi connectivity index (χ4v) is 4.37. The summed E-state index contributed by atoms with van der Waals surface area (Å²) < 4.78 is 0. The Morgan fingerprint density at radius 2 is 2.05 bits per heavy atom. The molecule has 2 atom stereocenters. The van der Waals surface area contributed by atoms with Crippen molar-refractivity contribution < 1.29 is 0 Å². The smallest absolute Gasteiger partial charge is 0.148 e. The van der Waals surface area contributed by atoms with Gasteiger partial charge in [-0.2, -0.15) is 0 Å². The minimum Gasteiger partial charge on any atom is -0.364 e. The first kappa shape index (κ1) is 13.2. The zero-order valence-electron chi connectivity index (χ0n) is 12.2. The van der Waals surface area contributed by atoms with Crippen molar-refractivity contribution in [2.24, 2.45) is 5.92 Å². The summed E-state index contributed by atoms with van der Waals surface area (Å²) in [6.45, 7) is 4.84. The summed E-state index contributed by atoms with van der Waals surface area (Å²) in [7, 11) is 0. The van der Waals surface area contributed by atoms with Crippen LogP contribution in [0.3, 0.4) is 0 Å². The number of fused-ring (bicyclic) bond motifs is 3. The highest BCUT2D eigenvalue weighted by Crippen LogP contribution is 2.33. The number of rotatable bonds is 3. The molecule has 1 N–H and O–H groups in total. The Labute approximate surface area is 129 Å². The molecule has 3 saturated heterocycles. The SMILES string of the molecule is CC1C(Nc2ccc(-c3cccs3)nn2)C2CCN1CC2. The second-order valence-electron chi connectivity index (χ2n) is 6.07. The first-order chi connectivity index (χ1) is 10.3. The Morgan fingerprint density at radius 1 is 1.19 bits per heavy atom. The second kappa shape index (κ2) is 5.39. The predicted octanol–water partition coefficient (Wildman–Crippen LogP) is 3.10. The van der Waals surface area contributed by atoms with Gasteiger partial charge in [0.2, 0.25) is 0 Å². The van der Waals surface area contributed by atoms with Gasteiger partial charge in [0.05, 0.1) is 4.88 Å². The molecular formula is C16H20N4S. The molecule has 0 radical (unpaired) electrons. The Bertz CT molecular complexity index is 585. The van der Waals surface area contributed by atoms with Gasteiger partial charge in [0.1, 0.15) is 11.5 Å². The molecule has 4 nitrogen and oxygen atoms in total. The van der Waals surface area contributed by atoms with E-state index in [0.717, 1.165) is 17.4 Å². The highest BCUT2D eigenvalue weighted by molar-refractivity contribution is 7.13. The molecule has 0 saturated carbocycles. The van der Waals surface area contributed by atoms with Crippen molar-refractivity contribution in [1.29, 1.82) is 0 Å². The van der Waals surface area contributed by atoms with Crippen molar-refractivity contribution >= 4 is 17.2 Å². The number of piperidine rings is 3. The Hall–Kier alpha value is -1.46. The zero-order valence-corrected chi connectivity index (χ0v) is 13.0. The van der Waals surface area contributed by atoms with E-state index in [-0.39, 0.29) is 0 Å². The lowest BCUT2D eigenvalue weighted by atomic mass is 9.79. The average molecular weight is 300 g/mol. The molecule has 2 bridgehead atoms. The number of thiophene rings is 1. The van der Waals surface area contributed by atoms with E-state index in [0.29, 0.717) is 12.1 Å². The summed E-state index contributed by atoms with van der Waals surface area (Å²) in [4.78, 5) is 3.76. The maximum atomic E-state index is 4.37. The van der Waals surface area contributed by atoms with Crippen LogP contribution in [-0.4, -0.2) is 40.3 Å². The first-order valence-electron chi connectivity index (χ1n) is 7.69. The van der Waals surface area contributed by atoms with Crippen LogP contribution < -0.4 is 5.32 Å². The fraction of sp³-hybridized carbons (Fsp3) is 0.500. The van der Waals surface area contributed by atoms with E-state index < -0.39 is 0 Å². The third kappa shape index (κ3) is 2.45. The third-order valence-electron chi connectivity index (χ3n) is 4.93. The molecule has 5 heterocycles. The lowest BCUT2D eigenvalue weighted by Gasteiger charge is -2.50. The van der Waals surface area contributed by atoms with Gasteiger partial charge in [0.25, 0.3) is 0 Å². The molecule has 0 spiro atoms. The molecule has 0 aliphatic carbocycles. The van der Waals surface area contributed by atoms with Gasteiger partial charge in [-0.15, -0.1) is 21.5 Å². The van der Waals surface area contributed by atoms with Crippen molar-refractivity contribution in [3.63, 3.8) is 0 Å². The molecule has 3 fully saturated rings. The molecular weight excluding hydrogens is 280 g/mol. The van der Waals surface area contributed by atoms with Crippen LogP contribution in [0.5, 0.6) is 0 Å². The number of aromatic nitrogens is 2. The number of hydrogen-bond acceptors (Lipinski definition) is 5. The van der Waals surface area contributed by atoms with Crippen LogP contribution in [0.2, 0.25) is 0 Å². The van der Waals surface area contributed by atoms with Gasteiger partial charge in [-0.25, -0.2) is 0 Å². The van der Waals surface area contributed by atoms with Crippen molar-refractivity contribution in [3.8, 4) is 10.6 Å². The fourth-order valence-electron chi connectivity index (χ4n) is 3.68. The van der Waals surface area contributed by atoms with Crippen LogP contribution in [0.1, 0.15) is 19.8 Å². The van der Waals surface area contributed by atoms with Crippen LogP contribution in [0, 0.1) is 5.92 Å². The standard InChI is InChI=1S/C16H20N4S/c1-11-16(12-6-8-20(11)9-7-12)17-15-5-4-13(18-19-15)14-3-2-10-21-14/h2-5,10-12,16H,6-9H2,1H3,(H,17,19). The van der Waals surface area contributed by atoms with Gasteiger partial charge >= 0.3 is 0 Å². The van der Waals surface area contributed by atoms with Crippen molar-refractivity contribution in [1.82, 2.24) is 15.1 Å². The molecule has 5 rings (SSSR count). The summed E-state index contributed by atoms with van der Waals surface area (Å²) in [5.74, 6) is 1.68. The Morgan fingerprint density at radius 3 is 2.67 bits per heavy atom. The monoisotopic (exact) mass is 300 g/mol. The van der Waals surface area contributed by atoms with Gasteiger partial charge in [0.15, 0.2) is 0 Å².